The number of benzene rings is 2. The lowest BCUT2D eigenvalue weighted by Gasteiger charge is -2.38. The van der Waals surface area contributed by atoms with Crippen molar-refractivity contribution in [2.24, 2.45) is 0 Å². The van der Waals surface area contributed by atoms with Crippen LogP contribution in [-0.2, 0) is 17.9 Å². The highest BCUT2D eigenvalue weighted by atomic mass is 19.1. The van der Waals surface area contributed by atoms with Crippen LogP contribution >= 0.6 is 0 Å². The van der Waals surface area contributed by atoms with Gasteiger partial charge in [-0.25, -0.2) is 22.9 Å². The van der Waals surface area contributed by atoms with Crippen molar-refractivity contribution in [3.63, 3.8) is 0 Å². The van der Waals surface area contributed by atoms with Crippen molar-refractivity contribution >= 4 is 22.8 Å². The maximum atomic E-state index is 14.9. The number of halogens is 3. The Morgan fingerprint density at radius 2 is 1.86 bits per heavy atom. The number of rotatable bonds is 9. The van der Waals surface area contributed by atoms with Gasteiger partial charge in [0, 0.05) is 44.4 Å². The molecule has 4 heterocycles. The van der Waals surface area contributed by atoms with Crippen LogP contribution in [0.5, 0.6) is 5.88 Å². The number of aromatic carboxylic acids is 1. The van der Waals surface area contributed by atoms with Crippen molar-refractivity contribution < 1.29 is 32.5 Å². The summed E-state index contributed by atoms with van der Waals surface area (Å²) in [5, 5.41) is 18.4. The second-order valence-electron chi connectivity index (χ2n) is 10.9. The Morgan fingerprint density at radius 1 is 1.09 bits per heavy atom. The van der Waals surface area contributed by atoms with Gasteiger partial charge in [-0.3, -0.25) is 4.90 Å². The standard InChI is InChI=1S/C31H29F3N6O4/c1-18(28-36-26-5-4-20(31(41)42)13-27(26)40(28)16-22-6-11-43-22)38-7-9-39(10-8-38)29-24(33)14-25(34)30(37-29)44-17-21-3-2-19(15-35)12-23(21)32/h2-5,12-14,18,22H,6-11,16-17H2,1H3,(H,41,42)/t18?,22-/m0/s1. The van der Waals surface area contributed by atoms with E-state index in [1.165, 1.54) is 18.2 Å². The molecule has 13 heteroatoms. The summed E-state index contributed by atoms with van der Waals surface area (Å²) in [7, 11) is 0. The molecule has 2 aromatic heterocycles. The third-order valence-corrected chi connectivity index (χ3v) is 8.16. The lowest BCUT2D eigenvalue weighted by Crippen LogP contribution is -2.48. The normalized spacial score (nSPS) is 17.7. The van der Waals surface area contributed by atoms with Crippen molar-refractivity contribution in [2.75, 3.05) is 37.7 Å². The summed E-state index contributed by atoms with van der Waals surface area (Å²) in [5.74, 6) is -3.26. The molecule has 10 nitrogen and oxygen atoms in total. The molecule has 6 rings (SSSR count). The molecule has 1 unspecified atom stereocenters. The highest BCUT2D eigenvalue weighted by Crippen LogP contribution is 2.31. The number of nitrogens with zero attached hydrogens (tertiary/aromatic N) is 6. The lowest BCUT2D eigenvalue weighted by atomic mass is 10.1. The van der Waals surface area contributed by atoms with Crippen molar-refractivity contribution in [2.45, 2.75) is 38.6 Å². The zero-order chi connectivity index (χ0) is 31.0. The molecule has 2 aliphatic heterocycles. The number of imidazole rings is 1. The quantitative estimate of drug-likeness (QED) is 0.290. The van der Waals surface area contributed by atoms with Gasteiger partial charge in [-0.05, 0) is 43.7 Å². The predicted molar refractivity (Wildman–Crippen MR) is 153 cm³/mol. The first-order valence-electron chi connectivity index (χ1n) is 14.2. The van der Waals surface area contributed by atoms with Crippen LogP contribution in [0.25, 0.3) is 11.0 Å². The van der Waals surface area contributed by atoms with Gasteiger partial charge in [0.05, 0.1) is 46.9 Å². The summed E-state index contributed by atoms with van der Waals surface area (Å²) in [6.07, 6.45) is 0.941. The molecule has 44 heavy (non-hydrogen) atoms. The highest BCUT2D eigenvalue weighted by Gasteiger charge is 2.30. The maximum Gasteiger partial charge on any atom is 0.335 e. The van der Waals surface area contributed by atoms with E-state index in [4.69, 9.17) is 19.7 Å². The summed E-state index contributed by atoms with van der Waals surface area (Å²) in [6, 6.07) is 11.1. The molecule has 2 aliphatic rings. The van der Waals surface area contributed by atoms with Crippen molar-refractivity contribution in [1.82, 2.24) is 19.4 Å². The third-order valence-electron chi connectivity index (χ3n) is 8.16. The molecule has 0 bridgehead atoms. The molecule has 2 aromatic carbocycles. The number of carbonyl (C=O) groups is 1. The van der Waals surface area contributed by atoms with Crippen LogP contribution in [-0.4, -0.2) is 69.4 Å². The van der Waals surface area contributed by atoms with Crippen molar-refractivity contribution in [3.8, 4) is 11.9 Å². The van der Waals surface area contributed by atoms with Gasteiger partial charge in [-0.15, -0.1) is 0 Å². The summed E-state index contributed by atoms with van der Waals surface area (Å²) >= 11 is 0. The SMILES string of the molecule is CC(c1nc2ccc(C(=O)O)cc2n1C[C@@H]1CCO1)N1CCN(c2nc(OCc3ccc(C#N)cc3F)c(F)cc2F)CC1. The first-order chi connectivity index (χ1) is 21.2. The molecule has 0 spiro atoms. The van der Waals surface area contributed by atoms with Gasteiger partial charge in [-0.2, -0.15) is 10.2 Å². The number of carboxylic acids is 1. The van der Waals surface area contributed by atoms with Crippen molar-refractivity contribution in [3.05, 3.63) is 82.4 Å². The van der Waals surface area contributed by atoms with E-state index >= 15 is 0 Å². The van der Waals surface area contributed by atoms with Gasteiger partial charge in [0.15, 0.2) is 17.5 Å². The van der Waals surface area contributed by atoms with E-state index in [0.29, 0.717) is 50.9 Å². The average Bonchev–Trinajstić information content (AvgIpc) is 3.36. The monoisotopic (exact) mass is 606 g/mol. The Morgan fingerprint density at radius 3 is 2.52 bits per heavy atom. The van der Waals surface area contributed by atoms with Gasteiger partial charge >= 0.3 is 5.97 Å². The van der Waals surface area contributed by atoms with E-state index in [2.05, 4.69) is 9.88 Å². The number of ether oxygens (including phenoxy) is 2. The molecule has 4 aromatic rings. The fourth-order valence-electron chi connectivity index (χ4n) is 5.55. The number of hydrogen-bond donors (Lipinski definition) is 1. The maximum absolute atomic E-state index is 14.9. The summed E-state index contributed by atoms with van der Waals surface area (Å²) in [5.41, 5.74) is 1.85. The minimum atomic E-state index is -1.01. The number of aromatic nitrogens is 3. The predicted octanol–water partition coefficient (Wildman–Crippen LogP) is 4.67. The van der Waals surface area contributed by atoms with Crippen LogP contribution in [0.3, 0.4) is 0 Å². The minimum absolute atomic E-state index is 0.0287. The summed E-state index contributed by atoms with van der Waals surface area (Å²) in [4.78, 5) is 24.5. The van der Waals surface area contributed by atoms with E-state index in [9.17, 15) is 23.1 Å². The second-order valence-corrected chi connectivity index (χ2v) is 10.9. The summed E-state index contributed by atoms with van der Waals surface area (Å²) < 4.78 is 56.8. The molecule has 0 amide bonds. The second kappa shape index (κ2) is 12.1. The highest BCUT2D eigenvalue weighted by molar-refractivity contribution is 5.92. The molecule has 2 saturated heterocycles. The lowest BCUT2D eigenvalue weighted by molar-refractivity contribution is -0.0594. The third kappa shape index (κ3) is 5.78. The molecule has 0 radical (unpaired) electrons. The number of piperazine rings is 1. The Labute approximate surface area is 250 Å². The molecule has 0 aliphatic carbocycles. The zero-order valence-corrected chi connectivity index (χ0v) is 23.8. The number of fused-ring (bicyclic) bond motifs is 1. The van der Waals surface area contributed by atoms with E-state index in [1.54, 1.807) is 17.0 Å². The number of pyridine rings is 1. The molecular formula is C31H29F3N6O4. The first-order valence-corrected chi connectivity index (χ1v) is 14.2. The van der Waals surface area contributed by atoms with E-state index in [-0.39, 0.29) is 41.3 Å². The van der Waals surface area contributed by atoms with Crippen LogP contribution in [0.1, 0.15) is 46.7 Å². The van der Waals surface area contributed by atoms with Gasteiger partial charge in [0.2, 0.25) is 0 Å². The van der Waals surface area contributed by atoms with Gasteiger partial charge in [0.1, 0.15) is 18.2 Å². The average molecular weight is 607 g/mol. The fourth-order valence-corrected chi connectivity index (χ4v) is 5.55. The van der Waals surface area contributed by atoms with E-state index in [0.717, 1.165) is 23.8 Å². The number of carboxylic acid groups (broad SMARTS) is 1. The Hall–Kier alpha value is -4.67. The van der Waals surface area contributed by atoms with Crippen LogP contribution < -0.4 is 9.64 Å². The minimum Gasteiger partial charge on any atom is -0.478 e. The van der Waals surface area contributed by atoms with Crippen LogP contribution in [0.4, 0.5) is 19.0 Å². The summed E-state index contributed by atoms with van der Waals surface area (Å²) in [6.45, 7) is 4.75. The molecule has 2 atom stereocenters. The number of anilines is 1. The Bertz CT molecular complexity index is 1760. The molecular weight excluding hydrogens is 577 g/mol. The smallest absolute Gasteiger partial charge is 0.335 e. The van der Waals surface area contributed by atoms with Gasteiger partial charge < -0.3 is 24.0 Å². The van der Waals surface area contributed by atoms with Crippen LogP contribution in [0.15, 0.2) is 42.5 Å². The van der Waals surface area contributed by atoms with E-state index < -0.39 is 29.3 Å². The number of nitriles is 1. The Balaban J connectivity index is 1.17. The fraction of sp³-hybridized carbons (Fsp3) is 0.355. The van der Waals surface area contributed by atoms with Crippen LogP contribution in [0.2, 0.25) is 0 Å². The zero-order valence-electron chi connectivity index (χ0n) is 23.8. The molecule has 228 valence electrons. The van der Waals surface area contributed by atoms with Crippen molar-refractivity contribution in [1.29, 1.82) is 5.26 Å². The topological polar surface area (TPSA) is 117 Å². The first kappa shape index (κ1) is 29.4. The van der Waals surface area contributed by atoms with Gasteiger partial charge in [0.25, 0.3) is 5.88 Å². The molecule has 1 N–H and O–H groups in total. The van der Waals surface area contributed by atoms with Gasteiger partial charge in [-0.1, -0.05) is 6.07 Å². The number of hydrogen-bond acceptors (Lipinski definition) is 8. The molecule has 2 fully saturated rings. The van der Waals surface area contributed by atoms with Crippen LogP contribution in [0, 0.1) is 28.8 Å². The Kier molecular flexibility index (Phi) is 8.11. The van der Waals surface area contributed by atoms with E-state index in [1.807, 2.05) is 17.6 Å². The largest absolute Gasteiger partial charge is 0.478 e. The molecule has 0 saturated carbocycles.